The molecule has 1 aliphatic rings. The summed E-state index contributed by atoms with van der Waals surface area (Å²) in [6, 6.07) is 13.3. The molecule has 2 aromatic carbocycles. The monoisotopic (exact) mass is 433 g/mol. The van der Waals surface area contributed by atoms with Crippen molar-refractivity contribution in [2.45, 2.75) is 18.4 Å². The fraction of sp³-hybridized carbons (Fsp3) is 0.238. The summed E-state index contributed by atoms with van der Waals surface area (Å²) < 4.78 is 30.7. The third kappa shape index (κ3) is 5.12. The van der Waals surface area contributed by atoms with Gasteiger partial charge in [-0.15, -0.1) is 0 Å². The molecule has 29 heavy (non-hydrogen) atoms. The second-order valence-electron chi connectivity index (χ2n) is 6.81. The molecule has 0 spiro atoms. The van der Waals surface area contributed by atoms with Crippen molar-refractivity contribution in [2.24, 2.45) is 0 Å². The first-order valence-electron chi connectivity index (χ1n) is 8.97. The average Bonchev–Trinajstić information content (AvgIpc) is 2.67. The van der Waals surface area contributed by atoms with Gasteiger partial charge < -0.3 is 4.74 Å². The standard InChI is InChI=1S/C21H20ClNO5S/c1-29(26,27)23-13-5-11-21(28-20(25)16-7-4-8-17(22)14-16)12-10-15-6-2-3-9-18(15)19(21)24/h2-4,6-10,12,14,23H,5,11,13H2,1H3. The molecule has 0 bridgehead atoms. The summed E-state index contributed by atoms with van der Waals surface area (Å²) in [7, 11) is -3.36. The fourth-order valence-corrected chi connectivity index (χ4v) is 3.86. The molecular formula is C21H20ClNO5S. The predicted molar refractivity (Wildman–Crippen MR) is 111 cm³/mol. The topological polar surface area (TPSA) is 89.5 Å². The first-order valence-corrected chi connectivity index (χ1v) is 11.2. The van der Waals surface area contributed by atoms with Crippen LogP contribution in [0.15, 0.2) is 54.6 Å². The SMILES string of the molecule is CS(=O)(=O)NCCCC1(OC(=O)c2cccc(Cl)c2)C=Cc2ccccc2C1=O. The van der Waals surface area contributed by atoms with E-state index in [-0.39, 0.29) is 24.3 Å². The fourth-order valence-electron chi connectivity index (χ4n) is 3.15. The molecule has 0 radical (unpaired) electrons. The van der Waals surface area contributed by atoms with Gasteiger partial charge in [-0.25, -0.2) is 17.9 Å². The quantitative estimate of drug-likeness (QED) is 0.533. The smallest absolute Gasteiger partial charge is 0.339 e. The molecule has 0 fully saturated rings. The minimum Gasteiger partial charge on any atom is -0.443 e. The van der Waals surface area contributed by atoms with Crippen LogP contribution in [0.2, 0.25) is 5.02 Å². The molecule has 1 aliphatic carbocycles. The summed E-state index contributed by atoms with van der Waals surface area (Å²) >= 11 is 5.95. The Morgan fingerprint density at radius 1 is 1.17 bits per heavy atom. The number of fused-ring (bicyclic) bond motifs is 1. The van der Waals surface area contributed by atoms with Crippen molar-refractivity contribution in [2.75, 3.05) is 12.8 Å². The lowest BCUT2D eigenvalue weighted by atomic mass is 9.81. The highest BCUT2D eigenvalue weighted by Gasteiger charge is 2.43. The molecular weight excluding hydrogens is 414 g/mol. The highest BCUT2D eigenvalue weighted by atomic mass is 35.5. The number of carbonyl (C=O) groups excluding carboxylic acids is 2. The van der Waals surface area contributed by atoms with E-state index in [1.807, 2.05) is 6.07 Å². The van der Waals surface area contributed by atoms with Gasteiger partial charge in [-0.1, -0.05) is 48.0 Å². The predicted octanol–water partition coefficient (Wildman–Crippen LogP) is 3.47. The van der Waals surface area contributed by atoms with Gasteiger partial charge in [0.15, 0.2) is 5.60 Å². The van der Waals surface area contributed by atoms with Gasteiger partial charge in [0.25, 0.3) is 0 Å². The number of rotatable bonds is 7. The number of halogens is 1. The van der Waals surface area contributed by atoms with Crippen LogP contribution in [0.5, 0.6) is 0 Å². The average molecular weight is 434 g/mol. The van der Waals surface area contributed by atoms with Gasteiger partial charge >= 0.3 is 5.97 Å². The lowest BCUT2D eigenvalue weighted by molar-refractivity contribution is 0.00408. The molecule has 1 N–H and O–H groups in total. The van der Waals surface area contributed by atoms with E-state index in [0.29, 0.717) is 17.0 Å². The van der Waals surface area contributed by atoms with Crippen LogP contribution in [0.25, 0.3) is 6.08 Å². The number of ether oxygens (including phenoxy) is 1. The van der Waals surface area contributed by atoms with Crippen LogP contribution < -0.4 is 4.72 Å². The second kappa shape index (κ2) is 8.49. The van der Waals surface area contributed by atoms with E-state index in [4.69, 9.17) is 16.3 Å². The van der Waals surface area contributed by atoms with Gasteiger partial charge in [0.1, 0.15) is 0 Å². The van der Waals surface area contributed by atoms with Crippen LogP contribution in [-0.4, -0.2) is 38.6 Å². The minimum atomic E-state index is -3.36. The Bertz CT molecular complexity index is 1080. The zero-order valence-electron chi connectivity index (χ0n) is 15.7. The summed E-state index contributed by atoms with van der Waals surface area (Å²) in [4.78, 5) is 26.0. The van der Waals surface area contributed by atoms with Crippen LogP contribution in [0.3, 0.4) is 0 Å². The molecule has 2 aromatic rings. The number of hydrogen-bond donors (Lipinski definition) is 1. The normalized spacial score (nSPS) is 18.3. The number of ketones is 1. The molecule has 6 nitrogen and oxygen atoms in total. The maximum absolute atomic E-state index is 13.3. The van der Waals surface area contributed by atoms with Crippen molar-refractivity contribution in [3.63, 3.8) is 0 Å². The molecule has 152 valence electrons. The van der Waals surface area contributed by atoms with Crippen LogP contribution in [0.1, 0.15) is 39.1 Å². The van der Waals surface area contributed by atoms with E-state index < -0.39 is 21.6 Å². The Morgan fingerprint density at radius 2 is 1.93 bits per heavy atom. The van der Waals surface area contributed by atoms with Crippen LogP contribution in [0, 0.1) is 0 Å². The molecule has 1 atom stereocenters. The van der Waals surface area contributed by atoms with E-state index in [1.54, 1.807) is 48.6 Å². The van der Waals surface area contributed by atoms with Gasteiger partial charge in [-0.05, 0) is 42.7 Å². The Morgan fingerprint density at radius 3 is 2.66 bits per heavy atom. The Balaban J connectivity index is 1.88. The highest BCUT2D eigenvalue weighted by Crippen LogP contribution is 2.33. The molecule has 1 unspecified atom stereocenters. The molecule has 0 heterocycles. The summed E-state index contributed by atoms with van der Waals surface area (Å²) in [6.07, 6.45) is 4.80. The zero-order chi connectivity index (χ0) is 21.1. The number of esters is 1. The molecule has 0 saturated heterocycles. The number of hydrogen-bond acceptors (Lipinski definition) is 5. The van der Waals surface area contributed by atoms with Crippen LogP contribution in [0.4, 0.5) is 0 Å². The third-order valence-corrected chi connectivity index (χ3v) is 5.51. The van der Waals surface area contributed by atoms with Gasteiger partial charge in [0.05, 0.1) is 11.8 Å². The number of benzene rings is 2. The number of sulfonamides is 1. The van der Waals surface area contributed by atoms with Gasteiger partial charge in [-0.3, -0.25) is 4.79 Å². The molecule has 0 aromatic heterocycles. The maximum atomic E-state index is 13.3. The first kappa shape index (κ1) is 21.2. The van der Waals surface area contributed by atoms with E-state index in [0.717, 1.165) is 11.8 Å². The number of Topliss-reactive ketones (excluding diaryl/α,β-unsaturated/α-hetero) is 1. The minimum absolute atomic E-state index is 0.123. The molecule has 0 aliphatic heterocycles. The largest absolute Gasteiger partial charge is 0.443 e. The van der Waals surface area contributed by atoms with Crippen molar-refractivity contribution >= 4 is 39.5 Å². The number of carbonyl (C=O) groups is 2. The van der Waals surface area contributed by atoms with Gasteiger partial charge in [-0.2, -0.15) is 0 Å². The van der Waals surface area contributed by atoms with Crippen molar-refractivity contribution in [3.05, 3.63) is 76.3 Å². The van der Waals surface area contributed by atoms with Crippen LogP contribution >= 0.6 is 11.6 Å². The van der Waals surface area contributed by atoms with Gasteiger partial charge in [0, 0.05) is 17.1 Å². The Kier molecular flexibility index (Phi) is 6.21. The van der Waals surface area contributed by atoms with E-state index in [2.05, 4.69) is 4.72 Å². The third-order valence-electron chi connectivity index (χ3n) is 4.55. The highest BCUT2D eigenvalue weighted by molar-refractivity contribution is 7.88. The van der Waals surface area contributed by atoms with E-state index in [1.165, 1.54) is 6.07 Å². The maximum Gasteiger partial charge on any atom is 0.339 e. The van der Waals surface area contributed by atoms with Crippen molar-refractivity contribution in [3.8, 4) is 0 Å². The first-order chi connectivity index (χ1) is 13.7. The molecule has 8 heteroatoms. The van der Waals surface area contributed by atoms with Crippen LogP contribution in [-0.2, 0) is 14.8 Å². The summed E-state index contributed by atoms with van der Waals surface area (Å²) in [5, 5.41) is 0.377. The van der Waals surface area contributed by atoms with Crippen molar-refractivity contribution < 1.29 is 22.7 Å². The number of nitrogens with one attached hydrogen (secondary N) is 1. The second-order valence-corrected chi connectivity index (χ2v) is 9.08. The molecule has 3 rings (SSSR count). The van der Waals surface area contributed by atoms with E-state index in [9.17, 15) is 18.0 Å². The summed E-state index contributed by atoms with van der Waals surface area (Å²) in [6.45, 7) is 0.123. The van der Waals surface area contributed by atoms with Gasteiger partial charge in [0.2, 0.25) is 15.8 Å². The molecule has 0 amide bonds. The van der Waals surface area contributed by atoms with Crippen molar-refractivity contribution in [1.82, 2.24) is 4.72 Å². The Hall–Kier alpha value is -2.48. The van der Waals surface area contributed by atoms with E-state index >= 15 is 0 Å². The lowest BCUT2D eigenvalue weighted by Gasteiger charge is -2.32. The summed E-state index contributed by atoms with van der Waals surface area (Å²) in [5.41, 5.74) is -0.107. The Labute approximate surface area is 174 Å². The molecule has 0 saturated carbocycles. The summed E-state index contributed by atoms with van der Waals surface area (Å²) in [5.74, 6) is -1.02. The van der Waals surface area contributed by atoms with Crippen molar-refractivity contribution in [1.29, 1.82) is 0 Å². The lowest BCUT2D eigenvalue weighted by Crippen LogP contribution is -2.44. The zero-order valence-corrected chi connectivity index (χ0v) is 17.3.